The third kappa shape index (κ3) is 9.94. The zero-order chi connectivity index (χ0) is 45.5. The number of H-pyrrole nitrogens is 1. The standard InChI is InChI=1S/C47H53ClN8O8S/c1-30-28-62-19-18-55(30)27-35-29-63-43-23-38(22-41(56(58)59)44(43)51-35)65(60,61)52-46(57)39-9-8-36(21-42(39)64-37-20-32-11-13-49-45(32)50-25-37)54-16-14-53(15-17-54)26-33-10-12-47(2,3)24-40(33)31-4-6-34(48)7-5-31/h4-9,11,13,20-23,25,30,35,51H,10,12,14-19,24,26-29H2,1-3H3,(H,49,50)(H,52,57)/t30-,35-/m1/s1. The van der Waals surface area contributed by atoms with Gasteiger partial charge < -0.3 is 29.4 Å². The first kappa shape index (κ1) is 44.5. The van der Waals surface area contributed by atoms with E-state index in [0.29, 0.717) is 50.8 Å². The van der Waals surface area contributed by atoms with Crippen LogP contribution in [-0.4, -0.2) is 117 Å². The van der Waals surface area contributed by atoms with E-state index in [1.165, 1.54) is 35.0 Å². The number of carbonyl (C=O) groups excluding carboxylic acids is 1. The second-order valence-corrected chi connectivity index (χ2v) is 20.3. The number of nitrogens with zero attached hydrogens (tertiary/aromatic N) is 5. The smallest absolute Gasteiger partial charge is 0.297 e. The van der Waals surface area contributed by atoms with Gasteiger partial charge in [-0.15, -0.1) is 0 Å². The highest BCUT2D eigenvalue weighted by Gasteiger charge is 2.34. The fraction of sp³-hybridized carbons (Fsp3) is 0.404. The van der Waals surface area contributed by atoms with Gasteiger partial charge in [-0.25, -0.2) is 18.1 Å². The number of aromatic amines is 1. The number of piperazine rings is 1. The van der Waals surface area contributed by atoms with Crippen LogP contribution < -0.4 is 24.4 Å². The van der Waals surface area contributed by atoms with E-state index in [2.05, 4.69) is 60.7 Å². The molecule has 0 bridgehead atoms. The Morgan fingerprint density at radius 3 is 2.62 bits per heavy atom. The molecule has 9 rings (SSSR count). The molecule has 0 spiro atoms. The molecule has 2 atom stereocenters. The molecule has 1 aliphatic carbocycles. The molecule has 4 aliphatic rings. The third-order valence-electron chi connectivity index (χ3n) is 12.9. The molecule has 0 unspecified atom stereocenters. The highest BCUT2D eigenvalue weighted by molar-refractivity contribution is 7.90. The Hall–Kier alpha value is -5.72. The van der Waals surface area contributed by atoms with Crippen LogP contribution in [0.3, 0.4) is 0 Å². The molecule has 3 aliphatic heterocycles. The summed E-state index contributed by atoms with van der Waals surface area (Å²) in [7, 11) is -4.66. The first-order chi connectivity index (χ1) is 31.2. The minimum Gasteiger partial charge on any atom is -0.489 e. The van der Waals surface area contributed by atoms with Crippen LogP contribution >= 0.6 is 11.6 Å². The number of fused-ring (bicyclic) bond motifs is 2. The van der Waals surface area contributed by atoms with Crippen LogP contribution in [0.2, 0.25) is 5.02 Å². The summed E-state index contributed by atoms with van der Waals surface area (Å²) in [5.74, 6) is -0.526. The predicted octanol–water partition coefficient (Wildman–Crippen LogP) is 7.72. The van der Waals surface area contributed by atoms with Gasteiger partial charge in [0.1, 0.15) is 23.8 Å². The topological polar surface area (TPSA) is 184 Å². The highest BCUT2D eigenvalue weighted by atomic mass is 35.5. The number of carbonyl (C=O) groups is 1. The molecular weight excluding hydrogens is 872 g/mol. The Kier molecular flexibility index (Phi) is 12.5. The van der Waals surface area contributed by atoms with E-state index in [1.54, 1.807) is 24.4 Å². The van der Waals surface area contributed by atoms with Crippen LogP contribution in [-0.2, 0) is 14.8 Å². The van der Waals surface area contributed by atoms with Gasteiger partial charge in [0.15, 0.2) is 11.4 Å². The minimum absolute atomic E-state index is 0.000771. The molecule has 0 radical (unpaired) electrons. The Morgan fingerprint density at radius 1 is 1.05 bits per heavy atom. The number of aromatic nitrogens is 2. The van der Waals surface area contributed by atoms with Gasteiger partial charge in [-0.1, -0.05) is 43.2 Å². The minimum atomic E-state index is -4.66. The van der Waals surface area contributed by atoms with Crippen LogP contribution in [0.4, 0.5) is 17.1 Å². The summed E-state index contributed by atoms with van der Waals surface area (Å²) < 4.78 is 47.8. The number of pyridine rings is 1. The van der Waals surface area contributed by atoms with E-state index in [1.807, 2.05) is 25.1 Å². The lowest BCUT2D eigenvalue weighted by atomic mass is 9.72. The van der Waals surface area contributed by atoms with Gasteiger partial charge in [-0.05, 0) is 79.1 Å². The van der Waals surface area contributed by atoms with E-state index in [9.17, 15) is 23.3 Å². The number of hydrogen-bond donors (Lipinski definition) is 3. The predicted molar refractivity (Wildman–Crippen MR) is 250 cm³/mol. The fourth-order valence-electron chi connectivity index (χ4n) is 9.20. The molecule has 16 nitrogen and oxygen atoms in total. The van der Waals surface area contributed by atoms with Gasteiger partial charge in [0.05, 0.1) is 40.8 Å². The first-order valence-electron chi connectivity index (χ1n) is 22.0. The molecule has 65 heavy (non-hydrogen) atoms. The summed E-state index contributed by atoms with van der Waals surface area (Å²) in [4.78, 5) is 39.7. The summed E-state index contributed by atoms with van der Waals surface area (Å²) in [5.41, 5.74) is 5.30. The lowest BCUT2D eigenvalue weighted by Gasteiger charge is -2.39. The molecule has 5 aromatic rings. The Balaban J connectivity index is 0.937. The number of nitro groups is 1. The summed E-state index contributed by atoms with van der Waals surface area (Å²) in [6.07, 6.45) is 6.46. The number of hydrogen-bond acceptors (Lipinski definition) is 13. The zero-order valence-corrected chi connectivity index (χ0v) is 38.2. The van der Waals surface area contributed by atoms with E-state index in [-0.39, 0.29) is 46.9 Å². The van der Waals surface area contributed by atoms with Crippen molar-refractivity contribution in [2.45, 2.75) is 57.0 Å². The molecule has 3 N–H and O–H groups in total. The van der Waals surface area contributed by atoms with Crippen molar-refractivity contribution >= 4 is 61.2 Å². The molecule has 5 heterocycles. The summed E-state index contributed by atoms with van der Waals surface area (Å²) >= 11 is 6.25. The average Bonchev–Trinajstić information content (AvgIpc) is 3.76. The molecule has 1 amide bonds. The number of morpholine rings is 1. The summed E-state index contributed by atoms with van der Waals surface area (Å²) in [6.45, 7) is 13.2. The number of rotatable bonds is 12. The van der Waals surface area contributed by atoms with Gasteiger partial charge in [0.25, 0.3) is 21.6 Å². The van der Waals surface area contributed by atoms with Crippen molar-refractivity contribution in [2.75, 3.05) is 75.9 Å². The number of benzene rings is 3. The normalized spacial score (nSPS) is 20.5. The molecular formula is C47H53ClN8O8S. The molecule has 2 aromatic heterocycles. The summed E-state index contributed by atoms with van der Waals surface area (Å²) in [5, 5.41) is 17.1. The van der Waals surface area contributed by atoms with Crippen LogP contribution in [0, 0.1) is 15.5 Å². The van der Waals surface area contributed by atoms with E-state index in [0.717, 1.165) is 61.1 Å². The Morgan fingerprint density at radius 2 is 1.85 bits per heavy atom. The molecule has 2 fully saturated rings. The van der Waals surface area contributed by atoms with Crippen LogP contribution in [0.25, 0.3) is 16.6 Å². The lowest BCUT2D eigenvalue weighted by molar-refractivity contribution is -0.384. The quantitative estimate of drug-likeness (QED) is 0.0818. The van der Waals surface area contributed by atoms with Gasteiger partial charge in [0, 0.05) is 92.3 Å². The maximum absolute atomic E-state index is 14.1. The maximum Gasteiger partial charge on any atom is 0.297 e. The molecule has 342 valence electrons. The van der Waals surface area contributed by atoms with Crippen LogP contribution in [0.1, 0.15) is 56.0 Å². The number of allylic oxidation sites excluding steroid dienone is 1. The van der Waals surface area contributed by atoms with Gasteiger partial charge in [0.2, 0.25) is 0 Å². The van der Waals surface area contributed by atoms with E-state index in [4.69, 9.17) is 25.8 Å². The van der Waals surface area contributed by atoms with Crippen molar-refractivity contribution in [1.82, 2.24) is 24.5 Å². The SMILES string of the molecule is C[C@@H]1COCCN1C[C@@H]1COc2cc(S(=O)(=O)NC(=O)c3ccc(N4CCN(CC5=C(c6ccc(Cl)cc6)CC(C)(C)CC5)CC4)cc3Oc3cnc4[nH]ccc4c3)cc([N+](=O)[O-])c2N1. The molecule has 3 aromatic carbocycles. The van der Waals surface area contributed by atoms with Crippen molar-refractivity contribution in [2.24, 2.45) is 5.41 Å². The first-order valence-corrected chi connectivity index (χ1v) is 23.8. The second kappa shape index (κ2) is 18.3. The van der Waals surface area contributed by atoms with Crippen LogP contribution in [0.5, 0.6) is 17.2 Å². The number of nitrogens with one attached hydrogen (secondary N) is 3. The molecule has 18 heteroatoms. The Labute approximate surface area is 383 Å². The number of nitro benzene ring substituents is 1. The average molecular weight is 926 g/mol. The lowest BCUT2D eigenvalue weighted by Crippen LogP contribution is -2.50. The highest BCUT2D eigenvalue weighted by Crippen LogP contribution is 2.44. The van der Waals surface area contributed by atoms with Crippen molar-refractivity contribution < 1.29 is 32.3 Å². The summed E-state index contributed by atoms with van der Waals surface area (Å²) in [6, 6.07) is 18.8. The van der Waals surface area contributed by atoms with Gasteiger partial charge in [-0.2, -0.15) is 0 Å². The molecule has 2 saturated heterocycles. The second-order valence-electron chi connectivity index (χ2n) is 18.1. The number of amides is 1. The van der Waals surface area contributed by atoms with Crippen molar-refractivity contribution in [3.8, 4) is 17.2 Å². The van der Waals surface area contributed by atoms with Crippen molar-refractivity contribution in [1.29, 1.82) is 0 Å². The van der Waals surface area contributed by atoms with Crippen molar-refractivity contribution in [3.63, 3.8) is 0 Å². The Bertz CT molecular complexity index is 2750. The maximum atomic E-state index is 14.1. The van der Waals surface area contributed by atoms with Gasteiger partial charge in [-0.3, -0.25) is 24.7 Å². The number of ether oxygens (including phenoxy) is 3. The third-order valence-corrected chi connectivity index (χ3v) is 14.4. The number of sulfonamides is 1. The van der Waals surface area contributed by atoms with Crippen molar-refractivity contribution in [3.05, 3.63) is 111 Å². The monoisotopic (exact) mass is 924 g/mol. The van der Waals surface area contributed by atoms with E-state index >= 15 is 0 Å². The van der Waals surface area contributed by atoms with E-state index < -0.39 is 31.4 Å². The molecule has 0 saturated carbocycles. The number of anilines is 2. The zero-order valence-electron chi connectivity index (χ0n) is 36.6. The number of halogens is 1. The largest absolute Gasteiger partial charge is 0.489 e. The van der Waals surface area contributed by atoms with Crippen LogP contribution in [0.15, 0.2) is 89.6 Å². The van der Waals surface area contributed by atoms with Gasteiger partial charge >= 0.3 is 0 Å². The fourth-order valence-corrected chi connectivity index (χ4v) is 10.3.